The van der Waals surface area contributed by atoms with Crippen molar-refractivity contribution in [3.05, 3.63) is 81.2 Å². The Labute approximate surface area is 181 Å². The average molecular weight is 444 g/mol. The third kappa shape index (κ3) is 5.20. The van der Waals surface area contributed by atoms with Crippen LogP contribution in [0.1, 0.15) is 21.5 Å². The molecular weight excluding hydrogens is 430 g/mol. The molecule has 29 heavy (non-hydrogen) atoms. The Morgan fingerprint density at radius 1 is 1.10 bits per heavy atom. The topological polar surface area (TPSA) is 74.7 Å². The van der Waals surface area contributed by atoms with Crippen LogP contribution in [0.2, 0.25) is 5.02 Å². The first-order valence-electron chi connectivity index (χ1n) is 8.39. The van der Waals surface area contributed by atoms with Gasteiger partial charge in [-0.15, -0.1) is 0 Å². The van der Waals surface area contributed by atoms with Crippen LogP contribution in [0.5, 0.6) is 0 Å². The zero-order valence-corrected chi connectivity index (χ0v) is 17.3. The van der Waals surface area contributed by atoms with Crippen molar-refractivity contribution < 1.29 is 19.5 Å². The summed E-state index contributed by atoms with van der Waals surface area (Å²) in [6, 6.07) is 14.0. The maximum absolute atomic E-state index is 12.3. The fourth-order valence-electron chi connectivity index (χ4n) is 2.55. The first kappa shape index (κ1) is 21.0. The van der Waals surface area contributed by atoms with Crippen molar-refractivity contribution in [1.29, 1.82) is 0 Å². The molecule has 2 aromatic carbocycles. The number of thioether (sulfide) groups is 1. The number of aliphatic carboxylic acids is 1. The lowest BCUT2D eigenvalue weighted by Gasteiger charge is -2.10. The highest BCUT2D eigenvalue weighted by molar-refractivity contribution is 8.26. The van der Waals surface area contributed by atoms with Crippen LogP contribution in [0.3, 0.4) is 0 Å². The second-order valence-electron chi connectivity index (χ2n) is 6.01. The zero-order chi connectivity index (χ0) is 21.0. The first-order chi connectivity index (χ1) is 13.8. The zero-order valence-electron chi connectivity index (χ0n) is 14.9. The number of allylic oxidation sites excluding steroid dienone is 1. The molecule has 1 heterocycles. The van der Waals surface area contributed by atoms with Gasteiger partial charge in [0.15, 0.2) is 5.78 Å². The van der Waals surface area contributed by atoms with Crippen molar-refractivity contribution >= 4 is 69.7 Å². The highest BCUT2D eigenvalue weighted by Crippen LogP contribution is 2.32. The Hall–Kier alpha value is -2.74. The third-order valence-corrected chi connectivity index (χ3v) is 5.68. The van der Waals surface area contributed by atoms with Gasteiger partial charge in [0, 0.05) is 5.56 Å². The summed E-state index contributed by atoms with van der Waals surface area (Å²) >= 11 is 12.2. The second-order valence-corrected chi connectivity index (χ2v) is 8.09. The largest absolute Gasteiger partial charge is 0.480 e. The minimum absolute atomic E-state index is 0.193. The van der Waals surface area contributed by atoms with Crippen molar-refractivity contribution in [3.8, 4) is 0 Å². The summed E-state index contributed by atoms with van der Waals surface area (Å²) in [5.41, 5.74) is 2.00. The van der Waals surface area contributed by atoms with Crippen LogP contribution in [0.25, 0.3) is 12.2 Å². The van der Waals surface area contributed by atoms with Gasteiger partial charge in [-0.2, -0.15) is 0 Å². The van der Waals surface area contributed by atoms with E-state index in [9.17, 15) is 14.4 Å². The summed E-state index contributed by atoms with van der Waals surface area (Å²) < 4.78 is 0.223. The molecule has 0 saturated carbocycles. The fraction of sp³-hybridized carbons (Fsp3) is 0.0476. The molecule has 8 heteroatoms. The number of carbonyl (C=O) groups excluding carboxylic acids is 2. The van der Waals surface area contributed by atoms with Gasteiger partial charge in [-0.25, -0.2) is 0 Å². The van der Waals surface area contributed by atoms with Gasteiger partial charge in [0.2, 0.25) is 0 Å². The lowest BCUT2D eigenvalue weighted by molar-refractivity contribution is -0.140. The van der Waals surface area contributed by atoms with Crippen LogP contribution in [-0.2, 0) is 9.59 Å². The molecule has 1 saturated heterocycles. The standard InChI is InChI=1S/C21H14ClNO4S2/c22-16-4-2-1-3-15(16)17(24)10-9-13-5-7-14(8-6-13)11-18-20(27)23(12-19(25)26)21(28)29-18/h1-11H,12H2,(H,25,26)/b10-9+,18-11+. The molecule has 1 aliphatic heterocycles. The molecule has 0 radical (unpaired) electrons. The van der Waals surface area contributed by atoms with Crippen molar-refractivity contribution in [2.75, 3.05) is 6.54 Å². The summed E-state index contributed by atoms with van der Waals surface area (Å²) in [4.78, 5) is 36.8. The van der Waals surface area contributed by atoms with Crippen molar-refractivity contribution in [2.45, 2.75) is 0 Å². The van der Waals surface area contributed by atoms with E-state index in [1.54, 1.807) is 60.7 Å². The number of hydrogen-bond acceptors (Lipinski definition) is 5. The molecule has 1 aliphatic rings. The molecular formula is C21H14ClNO4S2. The molecule has 0 bridgehead atoms. The van der Waals surface area contributed by atoms with Gasteiger partial charge < -0.3 is 5.11 Å². The molecule has 5 nitrogen and oxygen atoms in total. The van der Waals surface area contributed by atoms with E-state index < -0.39 is 18.4 Å². The van der Waals surface area contributed by atoms with E-state index in [1.165, 1.54) is 6.08 Å². The number of carboxylic acids is 1. The van der Waals surface area contributed by atoms with E-state index >= 15 is 0 Å². The molecule has 0 aliphatic carbocycles. The van der Waals surface area contributed by atoms with Gasteiger partial charge in [0.25, 0.3) is 5.91 Å². The Morgan fingerprint density at radius 3 is 2.41 bits per heavy atom. The Balaban J connectivity index is 1.71. The minimum Gasteiger partial charge on any atom is -0.480 e. The average Bonchev–Trinajstić information content (AvgIpc) is 2.94. The van der Waals surface area contributed by atoms with Gasteiger partial charge >= 0.3 is 5.97 Å². The van der Waals surface area contributed by atoms with Gasteiger partial charge in [-0.1, -0.05) is 78.1 Å². The number of amides is 1. The quantitative estimate of drug-likeness (QED) is 0.402. The van der Waals surface area contributed by atoms with Gasteiger partial charge in [0.05, 0.1) is 9.93 Å². The van der Waals surface area contributed by atoms with E-state index in [0.717, 1.165) is 27.8 Å². The molecule has 146 valence electrons. The molecule has 0 unspecified atom stereocenters. The molecule has 0 atom stereocenters. The number of carbonyl (C=O) groups is 3. The van der Waals surface area contributed by atoms with E-state index in [2.05, 4.69) is 0 Å². The van der Waals surface area contributed by atoms with Crippen LogP contribution in [0, 0.1) is 0 Å². The highest BCUT2D eigenvalue weighted by Gasteiger charge is 2.33. The number of benzene rings is 2. The lowest BCUT2D eigenvalue weighted by atomic mass is 10.1. The number of nitrogens with zero attached hydrogens (tertiary/aromatic N) is 1. The number of hydrogen-bond donors (Lipinski definition) is 1. The molecule has 0 aromatic heterocycles. The smallest absolute Gasteiger partial charge is 0.323 e. The van der Waals surface area contributed by atoms with Crippen LogP contribution in [0.4, 0.5) is 0 Å². The fourth-order valence-corrected chi connectivity index (χ4v) is 4.03. The van der Waals surface area contributed by atoms with E-state index in [-0.39, 0.29) is 10.1 Å². The van der Waals surface area contributed by atoms with Crippen molar-refractivity contribution in [3.63, 3.8) is 0 Å². The summed E-state index contributed by atoms with van der Waals surface area (Å²) in [6.45, 7) is -0.453. The molecule has 1 amide bonds. The second kappa shape index (κ2) is 9.17. The number of rotatable bonds is 6. The van der Waals surface area contributed by atoms with E-state index in [0.29, 0.717) is 15.5 Å². The molecule has 1 fully saturated rings. The predicted molar refractivity (Wildman–Crippen MR) is 119 cm³/mol. The molecule has 0 spiro atoms. The highest BCUT2D eigenvalue weighted by atomic mass is 35.5. The monoisotopic (exact) mass is 443 g/mol. The van der Waals surface area contributed by atoms with Crippen LogP contribution >= 0.6 is 35.6 Å². The number of carboxylic acid groups (broad SMARTS) is 1. The molecule has 1 N–H and O–H groups in total. The number of ketones is 1. The molecule has 3 rings (SSSR count). The lowest BCUT2D eigenvalue weighted by Crippen LogP contribution is -2.33. The third-order valence-electron chi connectivity index (χ3n) is 3.97. The van der Waals surface area contributed by atoms with Crippen molar-refractivity contribution in [2.24, 2.45) is 0 Å². The van der Waals surface area contributed by atoms with Crippen LogP contribution < -0.4 is 0 Å². The van der Waals surface area contributed by atoms with Crippen LogP contribution in [0.15, 0.2) is 59.5 Å². The van der Waals surface area contributed by atoms with Crippen molar-refractivity contribution in [1.82, 2.24) is 4.90 Å². The molecule has 2 aromatic rings. The number of thiocarbonyl (C=S) groups is 1. The van der Waals surface area contributed by atoms with Crippen LogP contribution in [-0.4, -0.2) is 38.5 Å². The Bertz CT molecular complexity index is 1060. The summed E-state index contributed by atoms with van der Waals surface area (Å²) in [5.74, 6) is -1.73. The number of halogens is 1. The Kier molecular flexibility index (Phi) is 6.64. The normalized spacial score (nSPS) is 15.5. The minimum atomic E-state index is -1.12. The van der Waals surface area contributed by atoms with Gasteiger partial charge in [0.1, 0.15) is 10.9 Å². The SMILES string of the molecule is O=C(O)CN1C(=O)/C(=C\c2ccc(/C=C/C(=O)c3ccccc3Cl)cc2)SC1=S. The van der Waals surface area contributed by atoms with E-state index in [1.807, 2.05) is 0 Å². The van der Waals surface area contributed by atoms with Gasteiger partial charge in [-0.05, 0) is 35.4 Å². The summed E-state index contributed by atoms with van der Waals surface area (Å²) in [7, 11) is 0. The summed E-state index contributed by atoms with van der Waals surface area (Å²) in [5, 5.41) is 9.27. The maximum Gasteiger partial charge on any atom is 0.323 e. The first-order valence-corrected chi connectivity index (χ1v) is 9.99. The van der Waals surface area contributed by atoms with Gasteiger partial charge in [-0.3, -0.25) is 19.3 Å². The predicted octanol–water partition coefficient (Wildman–Crippen LogP) is 4.52. The van der Waals surface area contributed by atoms with E-state index in [4.69, 9.17) is 28.9 Å². The summed E-state index contributed by atoms with van der Waals surface area (Å²) in [6.07, 6.45) is 4.79. The Morgan fingerprint density at radius 2 is 1.76 bits per heavy atom. The maximum atomic E-state index is 12.3.